The maximum atomic E-state index is 12.1. The van der Waals surface area contributed by atoms with E-state index in [1.807, 2.05) is 6.07 Å². The number of unbranched alkanes of at least 4 members (excludes halogenated alkanes) is 2. The van der Waals surface area contributed by atoms with E-state index in [0.717, 1.165) is 31.7 Å². The third-order valence-corrected chi connectivity index (χ3v) is 5.18. The average Bonchev–Trinajstić information content (AvgIpc) is 2.63. The van der Waals surface area contributed by atoms with Crippen LogP contribution in [-0.4, -0.2) is 36.3 Å². The Morgan fingerprint density at radius 2 is 1.89 bits per heavy atom. The molecule has 1 atom stereocenters. The molecule has 1 aromatic rings. The fraction of sp³-hybridized carbons (Fsp3) is 0.636. The molecule has 1 unspecified atom stereocenters. The van der Waals surface area contributed by atoms with Gasteiger partial charge in [-0.3, -0.25) is 14.5 Å². The van der Waals surface area contributed by atoms with Crippen LogP contribution in [0.15, 0.2) is 24.3 Å². The number of amides is 2. The zero-order valence-corrected chi connectivity index (χ0v) is 16.9. The maximum Gasteiger partial charge on any atom is 0.220 e. The fourth-order valence-electron chi connectivity index (χ4n) is 3.69. The summed E-state index contributed by atoms with van der Waals surface area (Å²) in [5.74, 6) is 0.887. The van der Waals surface area contributed by atoms with E-state index in [1.165, 1.54) is 44.0 Å². The lowest BCUT2D eigenvalue weighted by Gasteiger charge is -2.31. The molecule has 0 aliphatic carbocycles. The summed E-state index contributed by atoms with van der Waals surface area (Å²) < 4.78 is 0. The van der Waals surface area contributed by atoms with Gasteiger partial charge in [0.25, 0.3) is 0 Å². The van der Waals surface area contributed by atoms with Crippen molar-refractivity contribution in [1.82, 2.24) is 15.5 Å². The first-order valence-corrected chi connectivity index (χ1v) is 10.3. The molecule has 2 amide bonds. The number of carbonyl (C=O) groups excluding carboxylic acids is 2. The van der Waals surface area contributed by atoms with Crippen molar-refractivity contribution in [1.29, 1.82) is 0 Å². The lowest BCUT2D eigenvalue weighted by molar-refractivity contribution is -0.121. The van der Waals surface area contributed by atoms with Crippen molar-refractivity contribution in [2.75, 3.05) is 19.6 Å². The predicted molar refractivity (Wildman–Crippen MR) is 109 cm³/mol. The molecule has 1 saturated heterocycles. The number of likely N-dealkylation sites (tertiary alicyclic amines) is 1. The number of nitrogens with one attached hydrogen (secondary N) is 2. The van der Waals surface area contributed by atoms with Crippen molar-refractivity contribution in [3.05, 3.63) is 35.4 Å². The van der Waals surface area contributed by atoms with Crippen LogP contribution in [0.3, 0.4) is 0 Å². The summed E-state index contributed by atoms with van der Waals surface area (Å²) >= 11 is 0. The summed E-state index contributed by atoms with van der Waals surface area (Å²) in [6.07, 6.45) is 5.90. The van der Waals surface area contributed by atoms with E-state index in [1.54, 1.807) is 0 Å². The molecule has 0 radical (unpaired) electrons. The van der Waals surface area contributed by atoms with Crippen LogP contribution in [0, 0.1) is 5.92 Å². The molecule has 0 aromatic heterocycles. The van der Waals surface area contributed by atoms with E-state index in [-0.39, 0.29) is 11.8 Å². The smallest absolute Gasteiger partial charge is 0.220 e. The Morgan fingerprint density at radius 3 is 2.63 bits per heavy atom. The molecular formula is C22H35N3O2. The van der Waals surface area contributed by atoms with Gasteiger partial charge in [0.1, 0.15) is 0 Å². The fourth-order valence-corrected chi connectivity index (χ4v) is 3.69. The Hall–Kier alpha value is -1.88. The van der Waals surface area contributed by atoms with E-state index in [9.17, 15) is 9.59 Å². The highest BCUT2D eigenvalue weighted by atomic mass is 16.2. The number of hydrogen-bond donors (Lipinski definition) is 2. The minimum Gasteiger partial charge on any atom is -0.356 e. The van der Waals surface area contributed by atoms with Crippen molar-refractivity contribution >= 4 is 11.8 Å². The molecule has 1 heterocycles. The van der Waals surface area contributed by atoms with Gasteiger partial charge in [0.15, 0.2) is 0 Å². The molecular weight excluding hydrogens is 338 g/mol. The van der Waals surface area contributed by atoms with Crippen LogP contribution >= 0.6 is 0 Å². The van der Waals surface area contributed by atoms with Crippen molar-refractivity contribution in [3.8, 4) is 0 Å². The number of piperidine rings is 1. The van der Waals surface area contributed by atoms with Gasteiger partial charge in [-0.2, -0.15) is 0 Å². The van der Waals surface area contributed by atoms with Crippen molar-refractivity contribution < 1.29 is 9.59 Å². The molecule has 0 saturated carbocycles. The van der Waals surface area contributed by atoms with Gasteiger partial charge in [0, 0.05) is 39.5 Å². The van der Waals surface area contributed by atoms with Crippen LogP contribution in [0.2, 0.25) is 0 Å². The molecule has 5 nitrogen and oxygen atoms in total. The van der Waals surface area contributed by atoms with Crippen LogP contribution < -0.4 is 10.6 Å². The summed E-state index contributed by atoms with van der Waals surface area (Å²) in [4.78, 5) is 25.4. The largest absolute Gasteiger partial charge is 0.356 e. The second-order valence-corrected chi connectivity index (χ2v) is 7.82. The number of hydrogen-bond acceptors (Lipinski definition) is 3. The average molecular weight is 374 g/mol. The first-order chi connectivity index (χ1) is 13.0. The first kappa shape index (κ1) is 21.4. The van der Waals surface area contributed by atoms with E-state index in [0.29, 0.717) is 19.5 Å². The van der Waals surface area contributed by atoms with E-state index in [4.69, 9.17) is 0 Å². The molecule has 1 fully saturated rings. The predicted octanol–water partition coefficient (Wildman–Crippen LogP) is 3.23. The lowest BCUT2D eigenvalue weighted by atomic mass is 9.99. The number of nitrogens with zero attached hydrogens (tertiary/aromatic N) is 1. The van der Waals surface area contributed by atoms with E-state index in [2.05, 4.69) is 40.7 Å². The Morgan fingerprint density at radius 1 is 1.11 bits per heavy atom. The summed E-state index contributed by atoms with van der Waals surface area (Å²) in [6.45, 7) is 8.46. The molecule has 0 spiro atoms. The highest BCUT2D eigenvalue weighted by Gasteiger charge is 2.17. The Bertz CT molecular complexity index is 603. The lowest BCUT2D eigenvalue weighted by Crippen LogP contribution is -2.34. The molecule has 1 aromatic carbocycles. The number of rotatable bonds is 10. The third-order valence-electron chi connectivity index (χ3n) is 5.18. The minimum absolute atomic E-state index is 0.00502. The van der Waals surface area contributed by atoms with Crippen LogP contribution in [0.5, 0.6) is 0 Å². The van der Waals surface area contributed by atoms with Crippen LogP contribution in [0.4, 0.5) is 0 Å². The Balaban J connectivity index is 1.70. The maximum absolute atomic E-state index is 12.1. The van der Waals surface area contributed by atoms with Gasteiger partial charge in [-0.1, -0.05) is 37.6 Å². The van der Waals surface area contributed by atoms with E-state index < -0.39 is 0 Å². The molecule has 2 rings (SSSR count). The Labute approximate surface area is 163 Å². The first-order valence-electron chi connectivity index (χ1n) is 10.3. The summed E-state index contributed by atoms with van der Waals surface area (Å²) in [5, 5.41) is 5.85. The van der Waals surface area contributed by atoms with Crippen molar-refractivity contribution in [2.24, 2.45) is 5.92 Å². The number of carbonyl (C=O) groups is 2. The van der Waals surface area contributed by atoms with Gasteiger partial charge >= 0.3 is 0 Å². The molecule has 1 aliphatic heterocycles. The summed E-state index contributed by atoms with van der Waals surface area (Å²) in [6, 6.07) is 8.44. The second kappa shape index (κ2) is 11.8. The van der Waals surface area contributed by atoms with Crippen molar-refractivity contribution in [2.45, 2.75) is 65.5 Å². The van der Waals surface area contributed by atoms with Gasteiger partial charge in [-0.25, -0.2) is 0 Å². The van der Waals surface area contributed by atoms with Gasteiger partial charge in [-0.15, -0.1) is 0 Å². The molecule has 1 aliphatic rings. The van der Waals surface area contributed by atoms with Gasteiger partial charge in [0.05, 0.1) is 0 Å². The SMILES string of the molecule is CC(=O)NCCCCCC(=O)NCc1ccccc1CN1CCCC(C)C1. The van der Waals surface area contributed by atoms with Gasteiger partial charge in [-0.05, 0) is 49.3 Å². The normalized spacial score (nSPS) is 17.5. The second-order valence-electron chi connectivity index (χ2n) is 7.82. The molecule has 0 bridgehead atoms. The van der Waals surface area contributed by atoms with Crippen LogP contribution in [0.25, 0.3) is 0 Å². The Kier molecular flexibility index (Phi) is 9.32. The minimum atomic E-state index is 0.00502. The zero-order chi connectivity index (χ0) is 19.5. The monoisotopic (exact) mass is 373 g/mol. The molecule has 150 valence electrons. The van der Waals surface area contributed by atoms with Crippen molar-refractivity contribution in [3.63, 3.8) is 0 Å². The van der Waals surface area contributed by atoms with Gasteiger partial charge in [0.2, 0.25) is 11.8 Å². The summed E-state index contributed by atoms with van der Waals surface area (Å²) in [5.41, 5.74) is 2.54. The molecule has 5 heteroatoms. The van der Waals surface area contributed by atoms with Gasteiger partial charge < -0.3 is 10.6 Å². The van der Waals surface area contributed by atoms with Crippen LogP contribution in [0.1, 0.15) is 63.5 Å². The van der Waals surface area contributed by atoms with Crippen LogP contribution in [-0.2, 0) is 22.7 Å². The number of benzene rings is 1. The zero-order valence-electron chi connectivity index (χ0n) is 16.9. The van der Waals surface area contributed by atoms with E-state index >= 15 is 0 Å². The summed E-state index contributed by atoms with van der Waals surface area (Å²) in [7, 11) is 0. The highest BCUT2D eigenvalue weighted by molar-refractivity contribution is 5.75. The quantitative estimate of drug-likeness (QED) is 0.619. The third kappa shape index (κ3) is 8.57. The highest BCUT2D eigenvalue weighted by Crippen LogP contribution is 2.19. The standard InChI is InChI=1S/C22H35N3O2/c1-18-9-8-14-25(16-18)17-21-11-6-5-10-20(21)15-24-22(27)12-4-3-7-13-23-19(2)26/h5-6,10-11,18H,3-4,7-9,12-17H2,1-2H3,(H,23,26)(H,24,27). The topological polar surface area (TPSA) is 61.4 Å². The molecule has 2 N–H and O–H groups in total. The molecule has 27 heavy (non-hydrogen) atoms.